The van der Waals surface area contributed by atoms with E-state index in [1.165, 1.54) is 0 Å². The topological polar surface area (TPSA) is 54.3 Å². The van der Waals surface area contributed by atoms with E-state index in [4.69, 9.17) is 0 Å². The van der Waals surface area contributed by atoms with Crippen LogP contribution in [-0.2, 0) is 11.3 Å². The first-order valence-electron chi connectivity index (χ1n) is 7.41. The van der Waals surface area contributed by atoms with Crippen LogP contribution in [0.15, 0.2) is 48.7 Å². The number of piperazine rings is 1. The van der Waals surface area contributed by atoms with E-state index in [0.717, 1.165) is 5.56 Å². The maximum Gasteiger partial charge on any atom is 0.271 e. The summed E-state index contributed by atoms with van der Waals surface area (Å²) in [5.41, 5.74) is 1.75. The Labute approximate surface area is 129 Å². The van der Waals surface area contributed by atoms with Crippen molar-refractivity contribution in [2.45, 2.75) is 19.5 Å². The number of carbonyl (C=O) groups is 2. The molecule has 114 valence electrons. The minimum absolute atomic E-state index is 0.0114. The predicted octanol–water partition coefficient (Wildman–Crippen LogP) is 1.50. The summed E-state index contributed by atoms with van der Waals surface area (Å²) >= 11 is 0. The van der Waals surface area contributed by atoms with Gasteiger partial charge in [-0.05, 0) is 24.6 Å². The molecule has 3 rings (SSSR count). The highest BCUT2D eigenvalue weighted by Crippen LogP contribution is 2.12. The Hall–Kier alpha value is -2.56. The van der Waals surface area contributed by atoms with Crippen molar-refractivity contribution in [2.75, 3.05) is 13.1 Å². The Balaban J connectivity index is 1.79. The fraction of sp³-hybridized carbons (Fsp3) is 0.294. The van der Waals surface area contributed by atoms with Gasteiger partial charge in [-0.1, -0.05) is 30.3 Å². The average molecular weight is 297 g/mol. The summed E-state index contributed by atoms with van der Waals surface area (Å²) in [6.45, 7) is 3.21. The molecule has 1 aromatic carbocycles. The smallest absolute Gasteiger partial charge is 0.271 e. The van der Waals surface area contributed by atoms with E-state index in [-0.39, 0.29) is 24.4 Å². The van der Waals surface area contributed by atoms with Crippen molar-refractivity contribution in [3.63, 3.8) is 0 Å². The minimum Gasteiger partial charge on any atom is -0.350 e. The van der Waals surface area contributed by atoms with Gasteiger partial charge in [0.25, 0.3) is 5.91 Å². The molecule has 2 amide bonds. The first-order valence-corrected chi connectivity index (χ1v) is 7.41. The number of hydrogen-bond acceptors (Lipinski definition) is 2. The van der Waals surface area contributed by atoms with Gasteiger partial charge in [-0.3, -0.25) is 9.59 Å². The lowest BCUT2D eigenvalue weighted by molar-refractivity contribution is -0.124. The van der Waals surface area contributed by atoms with Crippen molar-refractivity contribution in [2.24, 2.45) is 0 Å². The number of aromatic nitrogens is 1. The number of amides is 2. The Morgan fingerprint density at radius 1 is 1.23 bits per heavy atom. The van der Waals surface area contributed by atoms with Gasteiger partial charge in [0.1, 0.15) is 5.69 Å². The van der Waals surface area contributed by atoms with Crippen molar-refractivity contribution in [1.29, 1.82) is 0 Å². The Bertz CT molecular complexity index is 678. The van der Waals surface area contributed by atoms with E-state index in [1.54, 1.807) is 4.90 Å². The fourth-order valence-electron chi connectivity index (χ4n) is 2.78. The Kier molecular flexibility index (Phi) is 3.96. The maximum atomic E-state index is 12.7. The molecular formula is C17H19N3O2. The molecule has 2 aromatic rings. The van der Waals surface area contributed by atoms with Crippen LogP contribution in [0.1, 0.15) is 23.0 Å². The van der Waals surface area contributed by atoms with E-state index in [2.05, 4.69) is 5.32 Å². The van der Waals surface area contributed by atoms with Gasteiger partial charge in [0.05, 0.1) is 6.54 Å². The van der Waals surface area contributed by atoms with Gasteiger partial charge < -0.3 is 14.8 Å². The number of nitrogens with zero attached hydrogens (tertiary/aromatic N) is 2. The third kappa shape index (κ3) is 3.03. The lowest BCUT2D eigenvalue weighted by Crippen LogP contribution is -2.54. The molecule has 1 saturated heterocycles. The lowest BCUT2D eigenvalue weighted by atomic mass is 10.2. The number of hydrogen-bond donors (Lipinski definition) is 1. The van der Waals surface area contributed by atoms with Gasteiger partial charge in [0.15, 0.2) is 0 Å². The molecule has 0 spiro atoms. The van der Waals surface area contributed by atoms with Crippen LogP contribution in [0.3, 0.4) is 0 Å². The van der Waals surface area contributed by atoms with E-state index >= 15 is 0 Å². The Morgan fingerprint density at radius 2 is 2.00 bits per heavy atom. The van der Waals surface area contributed by atoms with Crippen LogP contribution >= 0.6 is 0 Å². The van der Waals surface area contributed by atoms with Crippen LogP contribution in [0.4, 0.5) is 0 Å². The van der Waals surface area contributed by atoms with Gasteiger partial charge in [0.2, 0.25) is 5.91 Å². The molecule has 0 bridgehead atoms. The molecule has 1 fully saturated rings. The lowest BCUT2D eigenvalue weighted by Gasteiger charge is -2.31. The van der Waals surface area contributed by atoms with Crippen LogP contribution in [0.5, 0.6) is 0 Å². The standard InChI is InChI=1S/C17H19N3O2/c1-13-10-20(12-16(21)18-13)17(22)15-8-5-9-19(15)11-14-6-3-2-4-7-14/h2-9,13H,10-12H2,1H3,(H,18,21). The molecular weight excluding hydrogens is 278 g/mol. The van der Waals surface area contributed by atoms with Gasteiger partial charge in [-0.25, -0.2) is 0 Å². The second-order valence-corrected chi connectivity index (χ2v) is 5.66. The van der Waals surface area contributed by atoms with Crippen molar-refractivity contribution < 1.29 is 9.59 Å². The molecule has 0 radical (unpaired) electrons. The SMILES string of the molecule is CC1CN(C(=O)c2cccn2Cc2ccccc2)CC(=O)N1. The number of carbonyl (C=O) groups excluding carboxylic acids is 2. The molecule has 0 saturated carbocycles. The summed E-state index contributed by atoms with van der Waals surface area (Å²) < 4.78 is 1.93. The maximum absolute atomic E-state index is 12.7. The Morgan fingerprint density at radius 3 is 2.73 bits per heavy atom. The zero-order valence-electron chi connectivity index (χ0n) is 12.5. The summed E-state index contributed by atoms with van der Waals surface area (Å²) in [7, 11) is 0. The van der Waals surface area contributed by atoms with Gasteiger partial charge in [-0.15, -0.1) is 0 Å². The normalized spacial score (nSPS) is 18.1. The van der Waals surface area contributed by atoms with Gasteiger partial charge in [-0.2, -0.15) is 0 Å². The summed E-state index contributed by atoms with van der Waals surface area (Å²) in [5, 5.41) is 2.82. The number of benzene rings is 1. The highest BCUT2D eigenvalue weighted by Gasteiger charge is 2.27. The fourth-order valence-corrected chi connectivity index (χ4v) is 2.78. The molecule has 1 aliphatic heterocycles. The van der Waals surface area contributed by atoms with Crippen LogP contribution < -0.4 is 5.32 Å². The van der Waals surface area contributed by atoms with Crippen LogP contribution in [0.25, 0.3) is 0 Å². The quantitative estimate of drug-likeness (QED) is 0.933. The van der Waals surface area contributed by atoms with Crippen LogP contribution in [0.2, 0.25) is 0 Å². The second-order valence-electron chi connectivity index (χ2n) is 5.66. The summed E-state index contributed by atoms with van der Waals surface area (Å²) in [5.74, 6) is -0.198. The summed E-state index contributed by atoms with van der Waals surface area (Å²) in [6, 6.07) is 13.7. The highest BCUT2D eigenvalue weighted by molar-refractivity contribution is 5.96. The molecule has 22 heavy (non-hydrogen) atoms. The van der Waals surface area contributed by atoms with E-state index in [1.807, 2.05) is 60.2 Å². The summed E-state index contributed by atoms with van der Waals surface area (Å²) in [6.07, 6.45) is 1.90. The monoisotopic (exact) mass is 297 g/mol. The molecule has 1 atom stereocenters. The zero-order valence-corrected chi connectivity index (χ0v) is 12.5. The van der Waals surface area contributed by atoms with Crippen molar-refractivity contribution in [3.05, 3.63) is 59.9 Å². The zero-order chi connectivity index (χ0) is 15.5. The molecule has 1 N–H and O–H groups in total. The third-order valence-electron chi connectivity index (χ3n) is 3.77. The van der Waals surface area contributed by atoms with E-state index < -0.39 is 0 Å². The first-order chi connectivity index (χ1) is 10.6. The molecule has 1 aliphatic rings. The molecule has 5 nitrogen and oxygen atoms in total. The molecule has 0 aliphatic carbocycles. The van der Waals surface area contributed by atoms with Crippen molar-refractivity contribution in [3.8, 4) is 0 Å². The van der Waals surface area contributed by atoms with E-state index in [0.29, 0.717) is 18.8 Å². The van der Waals surface area contributed by atoms with Gasteiger partial charge in [0, 0.05) is 25.3 Å². The molecule has 5 heteroatoms. The molecule has 1 aromatic heterocycles. The van der Waals surface area contributed by atoms with Crippen molar-refractivity contribution in [1.82, 2.24) is 14.8 Å². The van der Waals surface area contributed by atoms with Gasteiger partial charge >= 0.3 is 0 Å². The van der Waals surface area contributed by atoms with Crippen molar-refractivity contribution >= 4 is 11.8 Å². The third-order valence-corrected chi connectivity index (χ3v) is 3.77. The second kappa shape index (κ2) is 6.05. The minimum atomic E-state index is -0.103. The molecule has 1 unspecified atom stereocenters. The number of rotatable bonds is 3. The number of nitrogens with one attached hydrogen (secondary N) is 1. The summed E-state index contributed by atoms with van der Waals surface area (Å²) in [4.78, 5) is 25.9. The average Bonchev–Trinajstić information content (AvgIpc) is 2.94. The largest absolute Gasteiger partial charge is 0.350 e. The van der Waals surface area contributed by atoms with Crippen LogP contribution in [0, 0.1) is 0 Å². The highest BCUT2D eigenvalue weighted by atomic mass is 16.2. The first kappa shape index (κ1) is 14.4. The molecule has 2 heterocycles. The predicted molar refractivity (Wildman–Crippen MR) is 83.5 cm³/mol. The van der Waals surface area contributed by atoms with Crippen LogP contribution in [-0.4, -0.2) is 40.4 Å². The van der Waals surface area contributed by atoms with E-state index in [9.17, 15) is 9.59 Å².